The quantitative estimate of drug-likeness (QED) is 0.251. The summed E-state index contributed by atoms with van der Waals surface area (Å²) in [5.41, 5.74) is 2.03. The second-order valence-electron chi connectivity index (χ2n) is 6.24. The first-order chi connectivity index (χ1) is 14.2. The van der Waals surface area contributed by atoms with Gasteiger partial charge in [-0.2, -0.15) is 4.98 Å². The van der Waals surface area contributed by atoms with Gasteiger partial charge in [0.15, 0.2) is 5.96 Å². The van der Waals surface area contributed by atoms with Crippen LogP contribution in [0.2, 0.25) is 5.02 Å². The Morgan fingerprint density at radius 3 is 2.67 bits per heavy atom. The van der Waals surface area contributed by atoms with Gasteiger partial charge in [0.2, 0.25) is 11.7 Å². The number of ether oxygens (including phenoxy) is 1. The van der Waals surface area contributed by atoms with Crippen LogP contribution in [-0.2, 0) is 13.0 Å². The molecule has 3 aromatic rings. The van der Waals surface area contributed by atoms with Crippen LogP contribution in [0.15, 0.2) is 58.0 Å². The topological polar surface area (TPSA) is 84.6 Å². The first-order valence-corrected chi connectivity index (χ1v) is 9.79. The van der Waals surface area contributed by atoms with Gasteiger partial charge in [0.05, 0.1) is 7.11 Å². The van der Waals surface area contributed by atoms with Crippen molar-refractivity contribution < 1.29 is 9.26 Å². The van der Waals surface area contributed by atoms with Crippen LogP contribution >= 0.6 is 35.6 Å². The van der Waals surface area contributed by atoms with Crippen LogP contribution in [0.5, 0.6) is 5.75 Å². The second kappa shape index (κ2) is 12.4. The molecule has 3 rings (SSSR count). The molecule has 0 radical (unpaired) electrons. The predicted molar refractivity (Wildman–Crippen MR) is 130 cm³/mol. The Hall–Kier alpha value is -2.33. The van der Waals surface area contributed by atoms with Crippen molar-refractivity contribution in [1.29, 1.82) is 0 Å². The van der Waals surface area contributed by atoms with Crippen molar-refractivity contribution in [3.63, 3.8) is 0 Å². The molecule has 0 saturated carbocycles. The Morgan fingerprint density at radius 1 is 1.17 bits per heavy atom. The Labute approximate surface area is 198 Å². The molecule has 0 fully saturated rings. The fourth-order valence-electron chi connectivity index (χ4n) is 2.67. The standard InChI is InChI=1S/C21H24ClN5O2.HI/c1-3-23-21(24-12-11-15-7-9-18(28-2)10-8-15)25-14-19-26-20(27-29-19)16-5-4-6-17(22)13-16;/h4-10,13H,3,11-12,14H2,1-2H3,(H2,23,24,25);1H. The Bertz CT molecular complexity index is 947. The van der Waals surface area contributed by atoms with Gasteiger partial charge in [-0.25, -0.2) is 4.99 Å². The molecule has 160 valence electrons. The number of nitrogens with one attached hydrogen (secondary N) is 2. The maximum Gasteiger partial charge on any atom is 0.248 e. The first-order valence-electron chi connectivity index (χ1n) is 9.41. The van der Waals surface area contributed by atoms with Gasteiger partial charge in [-0.15, -0.1) is 24.0 Å². The maximum atomic E-state index is 6.02. The predicted octanol–water partition coefficient (Wildman–Crippen LogP) is 4.31. The molecule has 1 heterocycles. The van der Waals surface area contributed by atoms with Crippen molar-refractivity contribution in [2.24, 2.45) is 4.99 Å². The van der Waals surface area contributed by atoms with Crippen LogP contribution in [0, 0.1) is 0 Å². The normalized spacial score (nSPS) is 11.0. The van der Waals surface area contributed by atoms with E-state index in [-0.39, 0.29) is 30.5 Å². The zero-order valence-corrected chi connectivity index (χ0v) is 20.0. The molecule has 0 saturated heterocycles. The summed E-state index contributed by atoms with van der Waals surface area (Å²) < 4.78 is 10.5. The molecule has 7 nitrogen and oxygen atoms in total. The molecule has 0 bridgehead atoms. The molecule has 1 aromatic heterocycles. The van der Waals surface area contributed by atoms with Gasteiger partial charge >= 0.3 is 0 Å². The number of aliphatic imine (C=N–C) groups is 1. The van der Waals surface area contributed by atoms with E-state index in [0.29, 0.717) is 22.7 Å². The van der Waals surface area contributed by atoms with E-state index in [1.165, 1.54) is 5.56 Å². The molecule has 9 heteroatoms. The van der Waals surface area contributed by atoms with Gasteiger partial charge in [-0.3, -0.25) is 0 Å². The largest absolute Gasteiger partial charge is 0.497 e. The molecule has 0 unspecified atom stereocenters. The van der Waals surface area contributed by atoms with Crippen LogP contribution in [0.3, 0.4) is 0 Å². The lowest BCUT2D eigenvalue weighted by Crippen LogP contribution is -2.38. The number of guanidine groups is 1. The average molecular weight is 542 g/mol. The molecule has 0 spiro atoms. The lowest BCUT2D eigenvalue weighted by Gasteiger charge is -2.11. The zero-order chi connectivity index (χ0) is 20.5. The van der Waals surface area contributed by atoms with Gasteiger partial charge in [0, 0.05) is 23.7 Å². The van der Waals surface area contributed by atoms with Crippen molar-refractivity contribution in [3.8, 4) is 17.1 Å². The van der Waals surface area contributed by atoms with Gasteiger partial charge in [0.25, 0.3) is 0 Å². The van der Waals surface area contributed by atoms with Crippen molar-refractivity contribution in [2.75, 3.05) is 20.2 Å². The van der Waals surface area contributed by atoms with Crippen molar-refractivity contribution in [1.82, 2.24) is 20.8 Å². The van der Waals surface area contributed by atoms with E-state index < -0.39 is 0 Å². The molecule has 0 amide bonds. The van der Waals surface area contributed by atoms with Crippen LogP contribution < -0.4 is 15.4 Å². The molecule has 0 aliphatic rings. The van der Waals surface area contributed by atoms with E-state index >= 15 is 0 Å². The van der Waals surface area contributed by atoms with E-state index in [0.717, 1.165) is 30.8 Å². The average Bonchev–Trinajstić information content (AvgIpc) is 3.22. The third kappa shape index (κ3) is 7.17. The minimum absolute atomic E-state index is 0. The molecule has 0 aliphatic heterocycles. The van der Waals surface area contributed by atoms with Crippen molar-refractivity contribution >= 4 is 41.5 Å². The lowest BCUT2D eigenvalue weighted by molar-refractivity contribution is 0.380. The highest BCUT2D eigenvalue weighted by Gasteiger charge is 2.09. The summed E-state index contributed by atoms with van der Waals surface area (Å²) in [5, 5.41) is 11.2. The highest BCUT2D eigenvalue weighted by molar-refractivity contribution is 14.0. The SMILES string of the molecule is CCNC(=NCc1nc(-c2cccc(Cl)c2)no1)NCCc1ccc(OC)cc1.I. The van der Waals surface area contributed by atoms with Gasteiger partial charge < -0.3 is 19.9 Å². The molecule has 2 aromatic carbocycles. The van der Waals surface area contributed by atoms with Gasteiger partial charge in [-0.1, -0.05) is 41.0 Å². The molecule has 0 atom stereocenters. The van der Waals surface area contributed by atoms with Gasteiger partial charge in [-0.05, 0) is 43.2 Å². The summed E-state index contributed by atoms with van der Waals surface area (Å²) in [6.45, 7) is 3.80. The number of nitrogens with zero attached hydrogens (tertiary/aromatic N) is 3. The number of benzene rings is 2. The summed E-state index contributed by atoms with van der Waals surface area (Å²) in [5.74, 6) is 2.49. The monoisotopic (exact) mass is 541 g/mol. The Morgan fingerprint density at radius 2 is 1.97 bits per heavy atom. The smallest absolute Gasteiger partial charge is 0.248 e. The van der Waals surface area contributed by atoms with Crippen LogP contribution in [-0.4, -0.2) is 36.3 Å². The van der Waals surface area contributed by atoms with Crippen molar-refractivity contribution in [3.05, 3.63) is 65.0 Å². The maximum absolute atomic E-state index is 6.02. The number of hydrogen-bond acceptors (Lipinski definition) is 5. The minimum Gasteiger partial charge on any atom is -0.497 e. The summed E-state index contributed by atoms with van der Waals surface area (Å²) in [7, 11) is 1.66. The molecule has 2 N–H and O–H groups in total. The lowest BCUT2D eigenvalue weighted by atomic mass is 10.1. The fraction of sp³-hybridized carbons (Fsp3) is 0.286. The Kier molecular flexibility index (Phi) is 9.88. The van der Waals surface area contributed by atoms with Gasteiger partial charge in [0.1, 0.15) is 12.3 Å². The third-order valence-corrected chi connectivity index (χ3v) is 4.37. The van der Waals surface area contributed by atoms with Crippen LogP contribution in [0.4, 0.5) is 0 Å². The summed E-state index contributed by atoms with van der Waals surface area (Å²) in [6, 6.07) is 15.4. The summed E-state index contributed by atoms with van der Waals surface area (Å²) in [6.07, 6.45) is 0.869. The zero-order valence-electron chi connectivity index (χ0n) is 16.9. The highest BCUT2D eigenvalue weighted by atomic mass is 127. The van der Waals surface area contributed by atoms with Crippen molar-refractivity contribution in [2.45, 2.75) is 19.9 Å². The number of aromatic nitrogens is 2. The Balaban J connectivity index is 0.00000320. The summed E-state index contributed by atoms with van der Waals surface area (Å²) >= 11 is 6.02. The summed E-state index contributed by atoms with van der Waals surface area (Å²) in [4.78, 5) is 8.91. The minimum atomic E-state index is 0. The van der Waals surface area contributed by atoms with Crippen LogP contribution in [0.1, 0.15) is 18.4 Å². The number of rotatable bonds is 8. The van der Waals surface area contributed by atoms with E-state index in [4.69, 9.17) is 20.9 Å². The number of methoxy groups -OCH3 is 1. The number of hydrogen-bond donors (Lipinski definition) is 2. The molecular formula is C21H25ClIN5O2. The first kappa shape index (κ1) is 23.9. The molecule has 0 aliphatic carbocycles. The van der Waals surface area contributed by atoms with E-state index in [1.807, 2.05) is 31.2 Å². The molecular weight excluding hydrogens is 517 g/mol. The van der Waals surface area contributed by atoms with E-state index in [1.54, 1.807) is 19.2 Å². The van der Waals surface area contributed by atoms with E-state index in [9.17, 15) is 0 Å². The van der Waals surface area contributed by atoms with Crippen LogP contribution in [0.25, 0.3) is 11.4 Å². The highest BCUT2D eigenvalue weighted by Crippen LogP contribution is 2.20. The van der Waals surface area contributed by atoms with E-state index in [2.05, 4.69) is 37.9 Å². The second-order valence-corrected chi connectivity index (χ2v) is 6.68. The fourth-order valence-corrected chi connectivity index (χ4v) is 2.86. The molecule has 30 heavy (non-hydrogen) atoms. The number of halogens is 2. The third-order valence-electron chi connectivity index (χ3n) is 4.13.